The Bertz CT molecular complexity index is 1030. The first-order chi connectivity index (χ1) is 12.6. The number of carbonyl (C=O) groups is 1. The van der Waals surface area contributed by atoms with E-state index in [-0.39, 0.29) is 11.5 Å². The molecule has 0 aliphatic carbocycles. The van der Waals surface area contributed by atoms with Crippen LogP contribution in [0.1, 0.15) is 19.4 Å². The third kappa shape index (κ3) is 2.50. The number of hydrogen-bond acceptors (Lipinski definition) is 4. The summed E-state index contributed by atoms with van der Waals surface area (Å²) in [5.41, 5.74) is 1.24. The van der Waals surface area contributed by atoms with E-state index < -0.39 is 6.04 Å². The minimum atomic E-state index is -0.425. The van der Waals surface area contributed by atoms with Crippen molar-refractivity contribution < 1.29 is 9.53 Å². The van der Waals surface area contributed by atoms with Gasteiger partial charge in [-0.1, -0.05) is 25.1 Å². The summed E-state index contributed by atoms with van der Waals surface area (Å²) in [6, 6.07) is 7.38. The first kappa shape index (κ1) is 16.8. The molecule has 7 nitrogen and oxygen atoms in total. The number of ether oxygens (including phenoxy) is 1. The van der Waals surface area contributed by atoms with Gasteiger partial charge in [0.05, 0.1) is 24.9 Å². The number of aromatic nitrogens is 3. The molecule has 7 heteroatoms. The van der Waals surface area contributed by atoms with Crippen LogP contribution in [0.15, 0.2) is 35.3 Å². The highest BCUT2D eigenvalue weighted by atomic mass is 16.5. The maximum atomic E-state index is 13.2. The molecule has 0 bridgehead atoms. The Morgan fingerprint density at radius 3 is 2.69 bits per heavy atom. The molecule has 1 fully saturated rings. The average molecular weight is 354 g/mol. The lowest BCUT2D eigenvalue weighted by Crippen LogP contribution is -2.44. The van der Waals surface area contributed by atoms with Crippen LogP contribution in [0.4, 0.5) is 0 Å². The van der Waals surface area contributed by atoms with Gasteiger partial charge in [-0.3, -0.25) is 9.59 Å². The quantitative estimate of drug-likeness (QED) is 0.718. The van der Waals surface area contributed by atoms with Gasteiger partial charge < -0.3 is 14.2 Å². The number of hydrogen-bond donors (Lipinski definition) is 0. The third-order valence-electron chi connectivity index (χ3n) is 5.11. The molecule has 1 amide bonds. The van der Waals surface area contributed by atoms with E-state index in [2.05, 4.69) is 5.10 Å². The van der Waals surface area contributed by atoms with Gasteiger partial charge in [-0.15, -0.1) is 0 Å². The average Bonchev–Trinajstić information content (AvgIpc) is 3.01. The Morgan fingerprint density at radius 2 is 1.96 bits per heavy atom. The molecule has 4 rings (SSSR count). The highest BCUT2D eigenvalue weighted by Crippen LogP contribution is 2.31. The Morgan fingerprint density at radius 1 is 1.23 bits per heavy atom. The van der Waals surface area contributed by atoms with E-state index in [1.165, 1.54) is 4.68 Å². The summed E-state index contributed by atoms with van der Waals surface area (Å²) in [5, 5.41) is 5.90. The molecular weight excluding hydrogens is 332 g/mol. The molecule has 1 saturated heterocycles. The fourth-order valence-corrected chi connectivity index (χ4v) is 3.77. The number of rotatable bonds is 3. The van der Waals surface area contributed by atoms with Crippen molar-refractivity contribution >= 4 is 27.7 Å². The predicted molar refractivity (Wildman–Crippen MR) is 99.2 cm³/mol. The fourth-order valence-electron chi connectivity index (χ4n) is 3.77. The number of amides is 1. The zero-order valence-corrected chi connectivity index (χ0v) is 15.0. The maximum absolute atomic E-state index is 13.2. The number of aryl methyl sites for hydroxylation is 1. The summed E-state index contributed by atoms with van der Waals surface area (Å²) in [6.07, 6.45) is 2.32. The zero-order valence-electron chi connectivity index (χ0n) is 15.0. The van der Waals surface area contributed by atoms with Crippen molar-refractivity contribution in [2.45, 2.75) is 19.4 Å². The second-order valence-electron chi connectivity index (χ2n) is 6.58. The topological polar surface area (TPSA) is 69.4 Å². The lowest BCUT2D eigenvalue weighted by molar-refractivity contribution is -0.138. The van der Waals surface area contributed by atoms with Gasteiger partial charge in [-0.25, -0.2) is 4.68 Å². The number of carbonyl (C=O) groups excluding carboxylic acids is 1. The normalized spacial score (nSPS) is 16.3. The minimum absolute atomic E-state index is 0.0392. The van der Waals surface area contributed by atoms with Crippen LogP contribution in [0, 0.1) is 0 Å². The van der Waals surface area contributed by atoms with Gasteiger partial charge in [-0.2, -0.15) is 5.10 Å². The van der Waals surface area contributed by atoms with Gasteiger partial charge in [0, 0.05) is 30.9 Å². The second kappa shape index (κ2) is 6.57. The summed E-state index contributed by atoms with van der Waals surface area (Å²) in [7, 11) is 1.63. The van der Waals surface area contributed by atoms with Gasteiger partial charge in [0.15, 0.2) is 0 Å². The van der Waals surface area contributed by atoms with Crippen LogP contribution in [0.2, 0.25) is 0 Å². The number of morpholine rings is 1. The van der Waals surface area contributed by atoms with Crippen LogP contribution in [-0.2, 0) is 16.6 Å². The lowest BCUT2D eigenvalue weighted by atomic mass is 10.1. The Balaban J connectivity index is 1.96. The molecule has 0 spiro atoms. The van der Waals surface area contributed by atoms with Gasteiger partial charge in [0.25, 0.3) is 5.56 Å². The van der Waals surface area contributed by atoms with Crippen molar-refractivity contribution in [2.75, 3.05) is 26.3 Å². The zero-order chi connectivity index (χ0) is 18.3. The summed E-state index contributed by atoms with van der Waals surface area (Å²) < 4.78 is 8.60. The predicted octanol–water partition coefficient (Wildman–Crippen LogP) is 1.70. The van der Waals surface area contributed by atoms with Crippen molar-refractivity contribution in [3.05, 3.63) is 40.8 Å². The highest BCUT2D eigenvalue weighted by molar-refractivity contribution is 6.08. The van der Waals surface area contributed by atoms with Crippen molar-refractivity contribution in [3.63, 3.8) is 0 Å². The highest BCUT2D eigenvalue weighted by Gasteiger charge is 2.29. The van der Waals surface area contributed by atoms with E-state index >= 15 is 0 Å². The molecule has 2 aromatic heterocycles. The molecule has 1 atom stereocenters. The molecule has 0 N–H and O–H groups in total. The van der Waals surface area contributed by atoms with Gasteiger partial charge in [-0.05, 0) is 12.5 Å². The summed E-state index contributed by atoms with van der Waals surface area (Å²) in [5.74, 6) is 0.0392. The molecule has 1 aromatic carbocycles. The van der Waals surface area contributed by atoms with Crippen LogP contribution in [0.25, 0.3) is 21.8 Å². The van der Waals surface area contributed by atoms with Gasteiger partial charge in [0.1, 0.15) is 11.6 Å². The van der Waals surface area contributed by atoms with Crippen LogP contribution in [-0.4, -0.2) is 51.5 Å². The van der Waals surface area contributed by atoms with Crippen molar-refractivity contribution in [3.8, 4) is 0 Å². The molecule has 3 heterocycles. The first-order valence-electron chi connectivity index (χ1n) is 8.95. The molecular formula is C19H22N4O3. The monoisotopic (exact) mass is 354 g/mol. The molecule has 0 unspecified atom stereocenters. The van der Waals surface area contributed by atoms with E-state index in [1.807, 2.05) is 40.7 Å². The van der Waals surface area contributed by atoms with E-state index in [1.54, 1.807) is 13.2 Å². The molecule has 136 valence electrons. The van der Waals surface area contributed by atoms with E-state index in [4.69, 9.17) is 4.74 Å². The van der Waals surface area contributed by atoms with Crippen LogP contribution in [0.3, 0.4) is 0 Å². The molecule has 0 saturated carbocycles. The lowest BCUT2D eigenvalue weighted by Gasteiger charge is -2.31. The number of nitrogens with zero attached hydrogens (tertiary/aromatic N) is 4. The molecule has 3 aromatic rings. The van der Waals surface area contributed by atoms with Crippen LogP contribution >= 0.6 is 0 Å². The largest absolute Gasteiger partial charge is 0.378 e. The van der Waals surface area contributed by atoms with E-state index in [0.717, 1.165) is 16.3 Å². The Hall–Kier alpha value is -2.67. The summed E-state index contributed by atoms with van der Waals surface area (Å²) in [4.78, 5) is 27.9. The molecule has 1 aliphatic heterocycles. The van der Waals surface area contributed by atoms with Crippen molar-refractivity contribution in [1.82, 2.24) is 19.2 Å². The second-order valence-corrected chi connectivity index (χ2v) is 6.58. The SMILES string of the molecule is CC[C@@H](C(=O)N1CCOCC1)n1c2ccccc2c2cnn(C)c(=O)c21. The summed E-state index contributed by atoms with van der Waals surface area (Å²) >= 11 is 0. The first-order valence-corrected chi connectivity index (χ1v) is 8.95. The van der Waals surface area contributed by atoms with Crippen molar-refractivity contribution in [1.29, 1.82) is 0 Å². The van der Waals surface area contributed by atoms with E-state index in [9.17, 15) is 9.59 Å². The number of fused-ring (bicyclic) bond motifs is 3. The van der Waals surface area contributed by atoms with Crippen LogP contribution in [0.5, 0.6) is 0 Å². The molecule has 26 heavy (non-hydrogen) atoms. The standard InChI is InChI=1S/C19H22N4O3/c1-3-15(18(24)22-8-10-26-11-9-22)23-16-7-5-4-6-13(16)14-12-20-21(2)19(25)17(14)23/h4-7,12,15H,3,8-11H2,1-2H3/t15-/m0/s1. The fraction of sp³-hybridized carbons (Fsp3) is 0.421. The number of benzene rings is 1. The number of para-hydroxylation sites is 1. The molecule has 0 radical (unpaired) electrons. The van der Waals surface area contributed by atoms with E-state index in [0.29, 0.717) is 38.2 Å². The smallest absolute Gasteiger partial charge is 0.291 e. The third-order valence-corrected chi connectivity index (χ3v) is 5.11. The van der Waals surface area contributed by atoms with Crippen LogP contribution < -0.4 is 5.56 Å². The maximum Gasteiger partial charge on any atom is 0.291 e. The Labute approximate surface area is 150 Å². The van der Waals surface area contributed by atoms with Gasteiger partial charge >= 0.3 is 0 Å². The van der Waals surface area contributed by atoms with Gasteiger partial charge in [0.2, 0.25) is 5.91 Å². The van der Waals surface area contributed by atoms with Crippen molar-refractivity contribution in [2.24, 2.45) is 7.05 Å². The minimum Gasteiger partial charge on any atom is -0.378 e. The summed E-state index contributed by atoms with van der Waals surface area (Å²) in [6.45, 7) is 4.27. The molecule has 1 aliphatic rings. The Kier molecular flexibility index (Phi) is 4.24.